The molecular weight excluding hydrogens is 182 g/mol. The molecule has 0 N–H and O–H groups in total. The SMILES string of the molecule is CC(C)=C/C=C(\C)CN1CCCCCC1. The Bertz CT molecular complexity index is 226. The van der Waals surface area contributed by atoms with Crippen LogP contribution >= 0.6 is 0 Å². The third-order valence-corrected chi connectivity index (χ3v) is 2.87. The molecule has 86 valence electrons. The Kier molecular flexibility index (Phi) is 5.70. The van der Waals surface area contributed by atoms with Gasteiger partial charge in [-0.2, -0.15) is 0 Å². The molecule has 0 aromatic rings. The van der Waals surface area contributed by atoms with Gasteiger partial charge in [0.05, 0.1) is 0 Å². The lowest BCUT2D eigenvalue weighted by atomic mass is 10.2. The fraction of sp³-hybridized carbons (Fsp3) is 0.714. The average Bonchev–Trinajstić information content (AvgIpc) is 2.43. The lowest BCUT2D eigenvalue weighted by molar-refractivity contribution is 0.309. The molecule has 0 spiro atoms. The Balaban J connectivity index is 2.38. The molecule has 1 saturated heterocycles. The summed E-state index contributed by atoms with van der Waals surface area (Å²) in [6, 6.07) is 0. The van der Waals surface area contributed by atoms with E-state index in [0.29, 0.717) is 0 Å². The Hall–Kier alpha value is -0.560. The van der Waals surface area contributed by atoms with Crippen molar-refractivity contribution in [3.8, 4) is 0 Å². The van der Waals surface area contributed by atoms with Crippen molar-refractivity contribution in [2.24, 2.45) is 0 Å². The smallest absolute Gasteiger partial charge is 0.0193 e. The van der Waals surface area contributed by atoms with Gasteiger partial charge < -0.3 is 0 Å². The minimum Gasteiger partial charge on any atom is -0.299 e. The normalized spacial score (nSPS) is 19.8. The summed E-state index contributed by atoms with van der Waals surface area (Å²) >= 11 is 0. The molecule has 0 atom stereocenters. The monoisotopic (exact) mass is 207 g/mol. The summed E-state index contributed by atoms with van der Waals surface area (Å²) < 4.78 is 0. The van der Waals surface area contributed by atoms with Crippen molar-refractivity contribution in [1.82, 2.24) is 4.90 Å². The lowest BCUT2D eigenvalue weighted by Crippen LogP contribution is -2.26. The van der Waals surface area contributed by atoms with Crippen LogP contribution in [0.25, 0.3) is 0 Å². The number of nitrogens with zero attached hydrogens (tertiary/aromatic N) is 1. The van der Waals surface area contributed by atoms with Crippen molar-refractivity contribution in [3.63, 3.8) is 0 Å². The third kappa shape index (κ3) is 5.78. The first-order valence-corrected chi connectivity index (χ1v) is 6.21. The van der Waals surface area contributed by atoms with Gasteiger partial charge in [0.25, 0.3) is 0 Å². The van der Waals surface area contributed by atoms with Crippen LogP contribution in [-0.2, 0) is 0 Å². The van der Waals surface area contributed by atoms with E-state index in [1.165, 1.54) is 49.9 Å². The molecule has 1 nitrogen and oxygen atoms in total. The second kappa shape index (κ2) is 6.84. The Morgan fingerprint density at radius 2 is 1.53 bits per heavy atom. The average molecular weight is 207 g/mol. The highest BCUT2D eigenvalue weighted by Crippen LogP contribution is 2.11. The molecule has 0 bridgehead atoms. The highest BCUT2D eigenvalue weighted by molar-refractivity contribution is 5.15. The van der Waals surface area contributed by atoms with Crippen LogP contribution in [0.3, 0.4) is 0 Å². The third-order valence-electron chi connectivity index (χ3n) is 2.87. The van der Waals surface area contributed by atoms with E-state index >= 15 is 0 Å². The maximum Gasteiger partial charge on any atom is 0.0193 e. The number of rotatable bonds is 3. The van der Waals surface area contributed by atoms with Crippen LogP contribution in [0.1, 0.15) is 46.5 Å². The summed E-state index contributed by atoms with van der Waals surface area (Å²) in [7, 11) is 0. The number of likely N-dealkylation sites (tertiary alicyclic amines) is 1. The summed E-state index contributed by atoms with van der Waals surface area (Å²) in [5, 5.41) is 0. The minimum atomic E-state index is 1.16. The maximum atomic E-state index is 2.59. The van der Waals surface area contributed by atoms with E-state index < -0.39 is 0 Å². The molecule has 0 unspecified atom stereocenters. The maximum absolute atomic E-state index is 2.59. The molecule has 0 radical (unpaired) electrons. The van der Waals surface area contributed by atoms with Crippen molar-refractivity contribution in [1.29, 1.82) is 0 Å². The van der Waals surface area contributed by atoms with Crippen molar-refractivity contribution >= 4 is 0 Å². The number of allylic oxidation sites excluding steroid dienone is 3. The lowest BCUT2D eigenvalue weighted by Gasteiger charge is -2.19. The largest absolute Gasteiger partial charge is 0.299 e. The van der Waals surface area contributed by atoms with Gasteiger partial charge in [-0.1, -0.05) is 36.1 Å². The van der Waals surface area contributed by atoms with E-state index in [-0.39, 0.29) is 0 Å². The molecule has 1 heterocycles. The van der Waals surface area contributed by atoms with E-state index in [9.17, 15) is 0 Å². The Labute approximate surface area is 94.9 Å². The predicted molar refractivity (Wildman–Crippen MR) is 68.1 cm³/mol. The Morgan fingerprint density at radius 3 is 2.07 bits per heavy atom. The quantitative estimate of drug-likeness (QED) is 0.637. The Morgan fingerprint density at radius 1 is 0.933 bits per heavy atom. The van der Waals surface area contributed by atoms with Crippen LogP contribution in [0.15, 0.2) is 23.3 Å². The minimum absolute atomic E-state index is 1.16. The van der Waals surface area contributed by atoms with Gasteiger partial charge in [0.1, 0.15) is 0 Å². The van der Waals surface area contributed by atoms with E-state index in [2.05, 4.69) is 37.8 Å². The van der Waals surface area contributed by atoms with E-state index in [4.69, 9.17) is 0 Å². The number of hydrogen-bond donors (Lipinski definition) is 0. The molecule has 0 saturated carbocycles. The zero-order valence-electron chi connectivity index (χ0n) is 10.6. The fourth-order valence-electron chi connectivity index (χ4n) is 2.01. The van der Waals surface area contributed by atoms with Crippen molar-refractivity contribution < 1.29 is 0 Å². The van der Waals surface area contributed by atoms with Gasteiger partial charge in [0.15, 0.2) is 0 Å². The molecule has 1 heteroatoms. The summed E-state index contributed by atoms with van der Waals surface area (Å²) in [5.41, 5.74) is 2.86. The first kappa shape index (κ1) is 12.5. The molecule has 1 aliphatic heterocycles. The van der Waals surface area contributed by atoms with Gasteiger partial charge >= 0.3 is 0 Å². The first-order valence-electron chi connectivity index (χ1n) is 6.21. The van der Waals surface area contributed by atoms with Gasteiger partial charge in [-0.15, -0.1) is 0 Å². The van der Waals surface area contributed by atoms with Crippen LogP contribution in [0.2, 0.25) is 0 Å². The molecule has 15 heavy (non-hydrogen) atoms. The van der Waals surface area contributed by atoms with Crippen molar-refractivity contribution in [2.45, 2.75) is 46.5 Å². The fourth-order valence-corrected chi connectivity index (χ4v) is 2.01. The van der Waals surface area contributed by atoms with E-state index in [1.54, 1.807) is 0 Å². The molecule has 1 aliphatic rings. The summed E-state index contributed by atoms with van der Waals surface area (Å²) in [6.07, 6.45) is 10.1. The van der Waals surface area contributed by atoms with Crippen molar-refractivity contribution in [2.75, 3.05) is 19.6 Å². The summed E-state index contributed by atoms with van der Waals surface area (Å²) in [6.45, 7) is 10.3. The second-order valence-electron chi connectivity index (χ2n) is 4.95. The summed E-state index contributed by atoms with van der Waals surface area (Å²) in [4.78, 5) is 2.59. The topological polar surface area (TPSA) is 3.24 Å². The highest BCUT2D eigenvalue weighted by atomic mass is 15.1. The van der Waals surface area contributed by atoms with Crippen LogP contribution in [0, 0.1) is 0 Å². The molecular formula is C14H25N. The predicted octanol–water partition coefficient (Wildman–Crippen LogP) is 3.77. The standard InChI is InChI=1S/C14H25N/c1-13(2)8-9-14(3)12-15-10-6-4-5-7-11-15/h8-9H,4-7,10-12H2,1-3H3/b14-9+. The van der Waals surface area contributed by atoms with Crippen LogP contribution in [0.5, 0.6) is 0 Å². The van der Waals surface area contributed by atoms with Gasteiger partial charge in [-0.3, -0.25) is 4.90 Å². The molecule has 0 aliphatic carbocycles. The van der Waals surface area contributed by atoms with E-state index in [0.717, 1.165) is 6.54 Å². The second-order valence-corrected chi connectivity index (χ2v) is 4.95. The van der Waals surface area contributed by atoms with Gasteiger partial charge in [0, 0.05) is 6.54 Å². The van der Waals surface area contributed by atoms with Crippen LogP contribution in [-0.4, -0.2) is 24.5 Å². The van der Waals surface area contributed by atoms with Gasteiger partial charge in [0.2, 0.25) is 0 Å². The summed E-state index contributed by atoms with van der Waals surface area (Å²) in [5.74, 6) is 0. The van der Waals surface area contributed by atoms with Gasteiger partial charge in [-0.25, -0.2) is 0 Å². The zero-order chi connectivity index (χ0) is 11.1. The van der Waals surface area contributed by atoms with Crippen LogP contribution in [0.4, 0.5) is 0 Å². The highest BCUT2D eigenvalue weighted by Gasteiger charge is 2.08. The zero-order valence-corrected chi connectivity index (χ0v) is 10.6. The molecule has 0 aromatic carbocycles. The van der Waals surface area contributed by atoms with Gasteiger partial charge in [-0.05, 0) is 46.7 Å². The van der Waals surface area contributed by atoms with Crippen LogP contribution < -0.4 is 0 Å². The molecule has 1 rings (SSSR count). The molecule has 1 fully saturated rings. The molecule has 0 amide bonds. The molecule has 0 aromatic heterocycles. The van der Waals surface area contributed by atoms with Crippen molar-refractivity contribution in [3.05, 3.63) is 23.3 Å². The first-order chi connectivity index (χ1) is 7.18. The van der Waals surface area contributed by atoms with E-state index in [1.807, 2.05) is 0 Å². The number of hydrogen-bond acceptors (Lipinski definition) is 1.